The molecule has 8 heteroatoms. The Bertz CT molecular complexity index is 727. The molecular weight excluding hydrogens is 293 g/mol. The summed E-state index contributed by atoms with van der Waals surface area (Å²) < 4.78 is 18.9. The zero-order valence-corrected chi connectivity index (χ0v) is 12.1. The first kappa shape index (κ1) is 15.6. The van der Waals surface area contributed by atoms with Gasteiger partial charge in [-0.15, -0.1) is 0 Å². The topological polar surface area (TPSA) is 98.3 Å². The molecule has 0 saturated heterocycles. The summed E-state index contributed by atoms with van der Waals surface area (Å²) in [5.41, 5.74) is -0.821. The summed E-state index contributed by atoms with van der Waals surface area (Å²) in [4.78, 5) is 26.4. The van der Waals surface area contributed by atoms with Crippen LogP contribution in [0.5, 0.6) is 0 Å². The molecule has 7 nitrogen and oxygen atoms in total. The second kappa shape index (κ2) is 6.33. The maximum atomic E-state index is 13.6. The summed E-state index contributed by atoms with van der Waals surface area (Å²) in [6.45, 7) is 3.17. The number of oxazole rings is 1. The largest absolute Gasteiger partial charge is 0.444 e. The van der Waals surface area contributed by atoms with Crippen LogP contribution in [0.1, 0.15) is 34.5 Å². The van der Waals surface area contributed by atoms with Crippen LogP contribution < -0.4 is 5.32 Å². The van der Waals surface area contributed by atoms with Gasteiger partial charge in [0, 0.05) is 18.1 Å². The van der Waals surface area contributed by atoms with E-state index in [-0.39, 0.29) is 23.6 Å². The van der Waals surface area contributed by atoms with E-state index in [1.165, 1.54) is 13.1 Å². The molecule has 1 amide bonds. The molecule has 2 rings (SSSR count). The molecule has 0 spiro atoms. The Balaban J connectivity index is 2.22. The molecule has 0 fully saturated rings. The molecule has 0 unspecified atom stereocenters. The van der Waals surface area contributed by atoms with Gasteiger partial charge in [-0.3, -0.25) is 14.9 Å². The molecule has 0 aliphatic rings. The Kier molecular flexibility index (Phi) is 4.50. The predicted molar refractivity (Wildman–Crippen MR) is 74.8 cm³/mol. The molecule has 0 atom stereocenters. The zero-order valence-electron chi connectivity index (χ0n) is 12.1. The smallest absolute Gasteiger partial charge is 0.282 e. The second-order valence-electron chi connectivity index (χ2n) is 4.58. The van der Waals surface area contributed by atoms with Gasteiger partial charge in [-0.2, -0.15) is 0 Å². The summed E-state index contributed by atoms with van der Waals surface area (Å²) in [6.07, 6.45) is 2.20. The monoisotopic (exact) mass is 307 g/mol. The van der Waals surface area contributed by atoms with Crippen molar-refractivity contribution in [2.24, 2.45) is 0 Å². The van der Waals surface area contributed by atoms with Crippen LogP contribution in [-0.4, -0.2) is 15.8 Å². The Morgan fingerprint density at radius 2 is 2.23 bits per heavy atom. The van der Waals surface area contributed by atoms with Crippen LogP contribution in [0.4, 0.5) is 10.1 Å². The van der Waals surface area contributed by atoms with E-state index < -0.39 is 22.3 Å². The lowest BCUT2D eigenvalue weighted by molar-refractivity contribution is -0.385. The zero-order chi connectivity index (χ0) is 16.3. The van der Waals surface area contributed by atoms with Crippen LogP contribution in [0.15, 0.2) is 22.7 Å². The Hall–Kier alpha value is -2.77. The van der Waals surface area contributed by atoms with Gasteiger partial charge in [0.25, 0.3) is 11.6 Å². The number of amides is 1. The molecule has 22 heavy (non-hydrogen) atoms. The average molecular weight is 307 g/mol. The highest BCUT2D eigenvalue weighted by atomic mass is 19.1. The van der Waals surface area contributed by atoms with Gasteiger partial charge >= 0.3 is 0 Å². The fourth-order valence-corrected chi connectivity index (χ4v) is 1.95. The van der Waals surface area contributed by atoms with Gasteiger partial charge in [0.2, 0.25) is 5.89 Å². The van der Waals surface area contributed by atoms with Gasteiger partial charge < -0.3 is 9.73 Å². The maximum Gasteiger partial charge on any atom is 0.282 e. The Morgan fingerprint density at radius 1 is 1.50 bits per heavy atom. The lowest BCUT2D eigenvalue weighted by Gasteiger charge is -2.07. The Labute approximate surface area is 125 Å². The minimum Gasteiger partial charge on any atom is -0.444 e. The molecule has 116 valence electrons. The van der Waals surface area contributed by atoms with Gasteiger partial charge in [0.1, 0.15) is 17.1 Å². The first-order valence-corrected chi connectivity index (χ1v) is 6.59. The standard InChI is InChI=1S/C14H14FN3O4/c1-3-9-6-16-12(22-9)7-17-14(19)13-8(2)10(15)4-5-11(13)18(20)21/h4-6H,3,7H2,1-2H3,(H,17,19). The number of hydrogen-bond acceptors (Lipinski definition) is 5. The van der Waals surface area contributed by atoms with Crippen LogP contribution >= 0.6 is 0 Å². The van der Waals surface area contributed by atoms with E-state index >= 15 is 0 Å². The first-order valence-electron chi connectivity index (χ1n) is 6.59. The van der Waals surface area contributed by atoms with Gasteiger partial charge in [0.15, 0.2) is 0 Å². The number of carbonyl (C=O) groups excluding carboxylic acids is 1. The van der Waals surface area contributed by atoms with E-state index in [1.807, 2.05) is 6.92 Å². The number of benzene rings is 1. The normalized spacial score (nSPS) is 10.5. The van der Waals surface area contributed by atoms with Crippen LogP contribution in [-0.2, 0) is 13.0 Å². The highest BCUT2D eigenvalue weighted by molar-refractivity contribution is 5.99. The molecule has 0 bridgehead atoms. The molecule has 1 heterocycles. The van der Waals surface area contributed by atoms with E-state index in [1.54, 1.807) is 0 Å². The van der Waals surface area contributed by atoms with E-state index in [4.69, 9.17) is 4.42 Å². The molecule has 2 aromatic rings. The SMILES string of the molecule is CCc1cnc(CNC(=O)c2c([N+](=O)[O-])ccc(F)c2C)o1. The summed E-state index contributed by atoms with van der Waals surface area (Å²) in [6, 6.07) is 1.93. The molecule has 0 radical (unpaired) electrons. The van der Waals surface area contributed by atoms with Crippen LogP contribution in [0.2, 0.25) is 0 Å². The molecule has 1 aromatic heterocycles. The molecule has 1 N–H and O–H groups in total. The van der Waals surface area contributed by atoms with E-state index in [0.29, 0.717) is 12.2 Å². The summed E-state index contributed by atoms with van der Waals surface area (Å²) in [5, 5.41) is 13.4. The third-order valence-electron chi connectivity index (χ3n) is 3.15. The van der Waals surface area contributed by atoms with Gasteiger partial charge in [-0.1, -0.05) is 6.92 Å². The molecular formula is C14H14FN3O4. The van der Waals surface area contributed by atoms with Crippen molar-refractivity contribution in [1.82, 2.24) is 10.3 Å². The number of nitrogens with one attached hydrogen (secondary N) is 1. The number of nitro benzene ring substituents is 1. The van der Waals surface area contributed by atoms with Crippen molar-refractivity contribution >= 4 is 11.6 Å². The van der Waals surface area contributed by atoms with Crippen molar-refractivity contribution < 1.29 is 18.5 Å². The quantitative estimate of drug-likeness (QED) is 0.676. The third kappa shape index (κ3) is 3.11. The van der Waals surface area contributed by atoms with Crippen molar-refractivity contribution in [1.29, 1.82) is 0 Å². The van der Waals surface area contributed by atoms with Crippen molar-refractivity contribution in [3.8, 4) is 0 Å². The summed E-state index contributed by atoms with van der Waals surface area (Å²) >= 11 is 0. The second-order valence-corrected chi connectivity index (χ2v) is 4.58. The number of halogens is 1. The highest BCUT2D eigenvalue weighted by Crippen LogP contribution is 2.24. The molecule has 0 aliphatic heterocycles. The van der Waals surface area contributed by atoms with E-state index in [2.05, 4.69) is 10.3 Å². The van der Waals surface area contributed by atoms with Crippen molar-refractivity contribution in [2.75, 3.05) is 0 Å². The highest BCUT2D eigenvalue weighted by Gasteiger charge is 2.24. The number of aromatic nitrogens is 1. The summed E-state index contributed by atoms with van der Waals surface area (Å²) in [7, 11) is 0. The molecule has 1 aromatic carbocycles. The molecule has 0 saturated carbocycles. The van der Waals surface area contributed by atoms with Crippen molar-refractivity contribution in [3.05, 3.63) is 57.0 Å². The van der Waals surface area contributed by atoms with Gasteiger partial charge in [-0.25, -0.2) is 9.37 Å². The maximum absolute atomic E-state index is 13.6. The fraction of sp³-hybridized carbons (Fsp3) is 0.286. The number of hydrogen-bond donors (Lipinski definition) is 1. The number of nitrogens with zero attached hydrogens (tertiary/aromatic N) is 2. The Morgan fingerprint density at radius 3 is 2.82 bits per heavy atom. The van der Waals surface area contributed by atoms with E-state index in [0.717, 1.165) is 12.1 Å². The first-order chi connectivity index (χ1) is 10.4. The summed E-state index contributed by atoms with van der Waals surface area (Å²) in [5.74, 6) is -0.487. The number of carbonyl (C=O) groups is 1. The average Bonchev–Trinajstić information content (AvgIpc) is 2.95. The van der Waals surface area contributed by atoms with Crippen molar-refractivity contribution in [3.63, 3.8) is 0 Å². The third-order valence-corrected chi connectivity index (χ3v) is 3.15. The minimum absolute atomic E-state index is 0.0358. The minimum atomic E-state index is -0.750. The van der Waals surface area contributed by atoms with Crippen LogP contribution in [0.25, 0.3) is 0 Å². The fourth-order valence-electron chi connectivity index (χ4n) is 1.95. The number of aryl methyl sites for hydroxylation is 1. The van der Waals surface area contributed by atoms with E-state index in [9.17, 15) is 19.3 Å². The van der Waals surface area contributed by atoms with Crippen LogP contribution in [0.3, 0.4) is 0 Å². The van der Waals surface area contributed by atoms with Crippen LogP contribution in [0, 0.1) is 22.9 Å². The lowest BCUT2D eigenvalue weighted by Crippen LogP contribution is -2.25. The van der Waals surface area contributed by atoms with Gasteiger partial charge in [-0.05, 0) is 13.0 Å². The predicted octanol–water partition coefficient (Wildman–Crippen LogP) is 2.52. The van der Waals surface area contributed by atoms with Gasteiger partial charge in [0.05, 0.1) is 17.7 Å². The number of nitro groups is 1. The lowest BCUT2D eigenvalue weighted by atomic mass is 10.1. The molecule has 0 aliphatic carbocycles. The van der Waals surface area contributed by atoms with Crippen molar-refractivity contribution in [2.45, 2.75) is 26.8 Å². The number of rotatable bonds is 5.